The van der Waals surface area contributed by atoms with Crippen molar-refractivity contribution >= 4 is 5.82 Å². The van der Waals surface area contributed by atoms with Gasteiger partial charge >= 0.3 is 11.6 Å². The van der Waals surface area contributed by atoms with Gasteiger partial charge in [-0.25, -0.2) is 4.79 Å². The molecule has 0 radical (unpaired) electrons. The number of nitrogens with zero attached hydrogens (tertiary/aromatic N) is 2. The summed E-state index contributed by atoms with van der Waals surface area (Å²) in [5, 5.41) is 18.3. The minimum Gasteiger partial charge on any atom is -0.394 e. The molecule has 0 aliphatic carbocycles. The Balaban J connectivity index is 2.42. The largest absolute Gasteiger partial charge is 0.394 e. The summed E-state index contributed by atoms with van der Waals surface area (Å²) < 4.78 is 39.7. The van der Waals surface area contributed by atoms with Gasteiger partial charge in [0, 0.05) is 6.20 Å². The molecule has 0 bridgehead atoms. The number of rotatable bonds is 2. The summed E-state index contributed by atoms with van der Waals surface area (Å²) in [6.45, 7) is -2.07. The predicted molar refractivity (Wildman–Crippen MR) is 54.9 cm³/mol. The van der Waals surface area contributed by atoms with E-state index in [9.17, 15) is 18.7 Å². The van der Waals surface area contributed by atoms with E-state index >= 15 is 0 Å². The maximum absolute atomic E-state index is 13.8. The Morgan fingerprint density at radius 3 is 2.89 bits per heavy atom. The zero-order valence-corrected chi connectivity index (χ0v) is 8.90. The Morgan fingerprint density at radius 2 is 2.39 bits per heavy atom. The molecular formula is C9H11F2N3O4. The maximum atomic E-state index is 13.8. The second-order valence-electron chi connectivity index (χ2n) is 3.76. The molecule has 1 unspecified atom stereocenters. The average molecular weight is 264 g/mol. The number of halogens is 2. The van der Waals surface area contributed by atoms with Gasteiger partial charge in [0.25, 0.3) is 0 Å². The minimum absolute atomic E-state index is 0.153. The van der Waals surface area contributed by atoms with Crippen LogP contribution in [0.25, 0.3) is 0 Å². The normalized spacial score (nSPS) is 33.1. The molecule has 2 heterocycles. The van der Waals surface area contributed by atoms with Gasteiger partial charge in [-0.05, 0) is 6.07 Å². The predicted octanol–water partition coefficient (Wildman–Crippen LogP) is -1.29. The summed E-state index contributed by atoms with van der Waals surface area (Å²) in [7, 11) is 0. The van der Waals surface area contributed by atoms with Crippen LogP contribution in [0.5, 0.6) is 0 Å². The zero-order chi connectivity index (χ0) is 14.4. The van der Waals surface area contributed by atoms with E-state index in [-0.39, 0.29) is 5.82 Å². The van der Waals surface area contributed by atoms with Crippen LogP contribution < -0.4 is 11.4 Å². The maximum Gasteiger partial charge on any atom is 0.351 e. The number of ether oxygens (including phenoxy) is 1. The Morgan fingerprint density at radius 1 is 1.72 bits per heavy atom. The molecule has 1 aliphatic rings. The number of aromatic nitrogens is 2. The van der Waals surface area contributed by atoms with Crippen molar-refractivity contribution in [1.29, 1.82) is 0 Å². The highest BCUT2D eigenvalue weighted by atomic mass is 19.3. The van der Waals surface area contributed by atoms with Crippen LogP contribution in [0.2, 0.25) is 0 Å². The molecule has 0 amide bonds. The topological polar surface area (TPSA) is 111 Å². The molecule has 9 heteroatoms. The highest BCUT2D eigenvalue weighted by Gasteiger charge is 2.59. The molecule has 2 rings (SSSR count). The molecule has 1 aliphatic heterocycles. The zero-order valence-electron chi connectivity index (χ0n) is 9.90. The van der Waals surface area contributed by atoms with E-state index in [1.54, 1.807) is 0 Å². The van der Waals surface area contributed by atoms with E-state index in [1.807, 2.05) is 0 Å². The van der Waals surface area contributed by atoms with Crippen LogP contribution in [0.4, 0.5) is 14.6 Å². The SMILES string of the molecule is [2H]C(O)[C@H]1O[C@@H](n2ccc(N)nc2=O)C(F)(F)[C@@H]1O. The summed E-state index contributed by atoms with van der Waals surface area (Å²) in [6, 6.07) is 1.11. The Hall–Kier alpha value is -1.58. The molecule has 4 atom stereocenters. The number of anilines is 1. The number of nitrogens with two attached hydrogens (primary N) is 1. The van der Waals surface area contributed by atoms with Gasteiger partial charge in [-0.2, -0.15) is 13.8 Å². The van der Waals surface area contributed by atoms with E-state index < -0.39 is 36.6 Å². The third kappa shape index (κ3) is 1.85. The van der Waals surface area contributed by atoms with Crippen molar-refractivity contribution in [3.05, 3.63) is 22.7 Å². The van der Waals surface area contributed by atoms with Gasteiger partial charge in [-0.1, -0.05) is 0 Å². The lowest BCUT2D eigenvalue weighted by Gasteiger charge is -2.20. The lowest BCUT2D eigenvalue weighted by molar-refractivity contribution is -0.140. The fourth-order valence-electron chi connectivity index (χ4n) is 1.65. The van der Waals surface area contributed by atoms with Crippen LogP contribution in [0.15, 0.2) is 17.1 Å². The van der Waals surface area contributed by atoms with Gasteiger partial charge in [0.2, 0.25) is 6.23 Å². The lowest BCUT2D eigenvalue weighted by Crippen LogP contribution is -2.41. The van der Waals surface area contributed by atoms with E-state index in [0.717, 1.165) is 12.3 Å². The third-order valence-corrected chi connectivity index (χ3v) is 2.57. The first-order valence-electron chi connectivity index (χ1n) is 5.49. The van der Waals surface area contributed by atoms with Crippen molar-refractivity contribution in [3.63, 3.8) is 0 Å². The quantitative estimate of drug-likeness (QED) is 0.613. The average Bonchev–Trinajstić information content (AvgIpc) is 2.52. The van der Waals surface area contributed by atoms with Crippen LogP contribution in [-0.2, 0) is 4.74 Å². The number of hydrogen-bond acceptors (Lipinski definition) is 6. The summed E-state index contributed by atoms with van der Waals surface area (Å²) in [5.41, 5.74) is 4.14. The molecule has 1 aromatic heterocycles. The van der Waals surface area contributed by atoms with Crippen molar-refractivity contribution in [1.82, 2.24) is 9.55 Å². The highest BCUT2D eigenvalue weighted by Crippen LogP contribution is 2.41. The minimum atomic E-state index is -3.85. The fourth-order valence-corrected chi connectivity index (χ4v) is 1.65. The van der Waals surface area contributed by atoms with Crippen LogP contribution in [0, 0.1) is 0 Å². The van der Waals surface area contributed by atoms with Crippen molar-refractivity contribution in [2.45, 2.75) is 24.4 Å². The molecule has 1 saturated heterocycles. The Labute approximate surface area is 101 Å². The van der Waals surface area contributed by atoms with E-state index in [4.69, 9.17) is 16.9 Å². The van der Waals surface area contributed by atoms with Crippen LogP contribution in [0.1, 0.15) is 7.60 Å². The van der Waals surface area contributed by atoms with Gasteiger partial charge in [0.05, 0.1) is 7.95 Å². The Bertz CT molecular complexity index is 538. The molecule has 0 spiro atoms. The number of hydrogen-bond donors (Lipinski definition) is 3. The molecule has 1 fully saturated rings. The number of aliphatic hydroxyl groups is 2. The molecule has 1 aromatic rings. The van der Waals surface area contributed by atoms with E-state index in [2.05, 4.69) is 4.98 Å². The molecule has 18 heavy (non-hydrogen) atoms. The van der Waals surface area contributed by atoms with Crippen LogP contribution in [-0.4, -0.2) is 44.5 Å². The lowest BCUT2D eigenvalue weighted by atomic mass is 10.1. The van der Waals surface area contributed by atoms with Gasteiger partial charge in [-0.15, -0.1) is 0 Å². The van der Waals surface area contributed by atoms with Crippen LogP contribution in [0.3, 0.4) is 0 Å². The van der Waals surface area contributed by atoms with Gasteiger partial charge in [0.1, 0.15) is 11.9 Å². The second-order valence-corrected chi connectivity index (χ2v) is 3.76. The first-order valence-corrected chi connectivity index (χ1v) is 4.91. The van der Waals surface area contributed by atoms with Crippen LogP contribution >= 0.6 is 0 Å². The molecule has 0 aromatic carbocycles. The summed E-state index contributed by atoms with van der Waals surface area (Å²) in [6.07, 6.45) is -5.46. The van der Waals surface area contributed by atoms with Crippen molar-refractivity contribution < 1.29 is 25.1 Å². The third-order valence-electron chi connectivity index (χ3n) is 2.57. The Kier molecular flexibility index (Phi) is 2.73. The van der Waals surface area contributed by atoms with Gasteiger partial charge < -0.3 is 20.7 Å². The number of aliphatic hydroxyl groups excluding tert-OH is 2. The van der Waals surface area contributed by atoms with Crippen molar-refractivity contribution in [3.8, 4) is 0 Å². The molecule has 0 saturated carbocycles. The van der Waals surface area contributed by atoms with Gasteiger partial charge in [-0.3, -0.25) is 4.57 Å². The second kappa shape index (κ2) is 4.26. The summed E-state index contributed by atoms with van der Waals surface area (Å²) in [4.78, 5) is 14.7. The standard InChI is InChI=1S/C9H11F2N3O4/c10-9(11)6(16)4(3-15)18-7(9)14-2-1-5(12)13-8(14)17/h1-2,4,6-7,15-16H,3H2,(H2,12,13,17)/t4-,6-,7-/m1/s1/i3D/t3?,4-,6-,7-. The summed E-state index contributed by atoms with van der Waals surface area (Å²) in [5.74, 6) is -4.01. The molecule has 100 valence electrons. The van der Waals surface area contributed by atoms with E-state index in [1.165, 1.54) is 0 Å². The molecule has 4 N–H and O–H groups in total. The van der Waals surface area contributed by atoms with Crippen molar-refractivity contribution in [2.75, 3.05) is 12.3 Å². The molecular weight excluding hydrogens is 252 g/mol. The first-order chi connectivity index (χ1) is 8.75. The molecule has 7 nitrogen and oxygen atoms in total. The number of alkyl halides is 2. The highest BCUT2D eigenvalue weighted by molar-refractivity contribution is 5.23. The first kappa shape index (κ1) is 11.5. The van der Waals surface area contributed by atoms with E-state index in [0.29, 0.717) is 4.57 Å². The van der Waals surface area contributed by atoms with Gasteiger partial charge in [0.15, 0.2) is 6.10 Å². The smallest absolute Gasteiger partial charge is 0.351 e. The monoisotopic (exact) mass is 264 g/mol. The number of nitrogen functional groups attached to an aromatic ring is 1. The summed E-state index contributed by atoms with van der Waals surface area (Å²) >= 11 is 0. The fraction of sp³-hybridized carbons (Fsp3) is 0.556. The van der Waals surface area contributed by atoms with Crippen molar-refractivity contribution in [2.24, 2.45) is 0 Å².